The Balaban J connectivity index is 2.24. The van der Waals surface area contributed by atoms with Crippen LogP contribution in [-0.2, 0) is 16.0 Å². The Hall–Kier alpha value is -1.97. The number of benzene rings is 1. The minimum Gasteiger partial charge on any atom is -0.310 e. The van der Waals surface area contributed by atoms with Crippen molar-refractivity contribution in [3.8, 4) is 0 Å². The molecule has 0 aliphatic carbocycles. The van der Waals surface area contributed by atoms with Crippen molar-refractivity contribution in [2.75, 3.05) is 11.4 Å². The van der Waals surface area contributed by atoms with Gasteiger partial charge in [-0.05, 0) is 31.4 Å². The molecule has 0 aromatic heterocycles. The quantitative estimate of drug-likeness (QED) is 0.700. The van der Waals surface area contributed by atoms with Gasteiger partial charge in [-0.15, -0.1) is 0 Å². The van der Waals surface area contributed by atoms with Gasteiger partial charge in [0.2, 0.25) is 5.91 Å². The molecule has 0 saturated carbocycles. The molecule has 0 spiro atoms. The lowest BCUT2D eigenvalue weighted by Gasteiger charge is -2.36. The van der Waals surface area contributed by atoms with Crippen molar-refractivity contribution in [3.63, 3.8) is 0 Å². The van der Waals surface area contributed by atoms with Crippen molar-refractivity contribution >= 4 is 23.2 Å². The van der Waals surface area contributed by atoms with Crippen LogP contribution < -0.4 is 4.90 Å². The predicted octanol–water partition coefficient (Wildman–Crippen LogP) is 1.37. The van der Waals surface area contributed by atoms with Crippen LogP contribution in [0.1, 0.15) is 29.3 Å². The van der Waals surface area contributed by atoms with E-state index in [2.05, 4.69) is 0 Å². The van der Waals surface area contributed by atoms with Crippen LogP contribution in [-0.4, -0.2) is 24.0 Å². The Morgan fingerprint density at radius 1 is 1.33 bits per heavy atom. The standard InChI is InChI=1S/C14H13NO3/c1-8(16)11-13(17)10-6-2-4-9-5-3-7-15(12(9)10)14(11)18/h2,4,6,11H,3,5,7H2,1H3. The van der Waals surface area contributed by atoms with Gasteiger partial charge in [0.05, 0.1) is 5.69 Å². The zero-order chi connectivity index (χ0) is 12.9. The molecule has 2 aliphatic rings. The first-order valence-electron chi connectivity index (χ1n) is 6.09. The predicted molar refractivity (Wildman–Crippen MR) is 65.6 cm³/mol. The summed E-state index contributed by atoms with van der Waals surface area (Å²) in [4.78, 5) is 37.6. The van der Waals surface area contributed by atoms with E-state index in [9.17, 15) is 14.4 Å². The summed E-state index contributed by atoms with van der Waals surface area (Å²) in [5, 5.41) is 0. The van der Waals surface area contributed by atoms with Gasteiger partial charge in [-0.2, -0.15) is 0 Å². The number of hydrogen-bond donors (Lipinski definition) is 0. The lowest BCUT2D eigenvalue weighted by molar-refractivity contribution is -0.129. The van der Waals surface area contributed by atoms with Crippen molar-refractivity contribution in [1.29, 1.82) is 0 Å². The van der Waals surface area contributed by atoms with E-state index in [1.807, 2.05) is 12.1 Å². The molecule has 2 aliphatic heterocycles. The van der Waals surface area contributed by atoms with Gasteiger partial charge in [0.1, 0.15) is 5.78 Å². The first kappa shape index (κ1) is 11.1. The van der Waals surface area contributed by atoms with Crippen molar-refractivity contribution in [2.24, 2.45) is 5.92 Å². The zero-order valence-corrected chi connectivity index (χ0v) is 10.1. The summed E-state index contributed by atoms with van der Waals surface area (Å²) in [5.74, 6) is -2.20. The van der Waals surface area contributed by atoms with Crippen molar-refractivity contribution in [1.82, 2.24) is 0 Å². The SMILES string of the molecule is CC(=O)C1C(=O)c2cccc3c2N(CCC3)C1=O. The molecule has 1 aromatic carbocycles. The molecule has 0 bridgehead atoms. The van der Waals surface area contributed by atoms with Gasteiger partial charge in [-0.1, -0.05) is 12.1 Å². The molecule has 1 amide bonds. The summed E-state index contributed by atoms with van der Waals surface area (Å²) < 4.78 is 0. The third kappa shape index (κ3) is 1.35. The van der Waals surface area contributed by atoms with Crippen molar-refractivity contribution < 1.29 is 14.4 Å². The minimum atomic E-state index is -1.13. The van der Waals surface area contributed by atoms with E-state index >= 15 is 0 Å². The number of nitrogens with zero attached hydrogens (tertiary/aromatic N) is 1. The second-order valence-corrected chi connectivity index (χ2v) is 4.81. The lowest BCUT2D eigenvalue weighted by Crippen LogP contribution is -2.49. The minimum absolute atomic E-state index is 0.345. The largest absolute Gasteiger partial charge is 0.310 e. The molecule has 0 radical (unpaired) electrons. The summed E-state index contributed by atoms with van der Waals surface area (Å²) in [7, 11) is 0. The number of carbonyl (C=O) groups is 3. The molecule has 0 saturated heterocycles. The molecule has 18 heavy (non-hydrogen) atoms. The van der Waals surface area contributed by atoms with Crippen LogP contribution >= 0.6 is 0 Å². The highest BCUT2D eigenvalue weighted by Crippen LogP contribution is 2.37. The average Bonchev–Trinajstić information content (AvgIpc) is 2.35. The number of para-hydroxylation sites is 1. The molecule has 1 aromatic rings. The molecular formula is C14H13NO3. The van der Waals surface area contributed by atoms with E-state index in [0.29, 0.717) is 12.1 Å². The normalized spacial score (nSPS) is 21.8. The zero-order valence-electron chi connectivity index (χ0n) is 10.1. The smallest absolute Gasteiger partial charge is 0.245 e. The number of hydrogen-bond acceptors (Lipinski definition) is 3. The summed E-state index contributed by atoms with van der Waals surface area (Å²) in [6, 6.07) is 5.48. The topological polar surface area (TPSA) is 54.5 Å². The van der Waals surface area contributed by atoms with Crippen molar-refractivity contribution in [3.05, 3.63) is 29.3 Å². The molecule has 4 nitrogen and oxygen atoms in total. The van der Waals surface area contributed by atoms with Gasteiger partial charge >= 0.3 is 0 Å². The summed E-state index contributed by atoms with van der Waals surface area (Å²) in [6.07, 6.45) is 1.76. The molecule has 3 rings (SSSR count). The van der Waals surface area contributed by atoms with Gasteiger partial charge in [-0.3, -0.25) is 14.4 Å². The monoisotopic (exact) mass is 243 g/mol. The molecule has 0 fully saturated rings. The van der Waals surface area contributed by atoms with Gasteiger partial charge < -0.3 is 4.90 Å². The number of carbonyl (C=O) groups excluding carboxylic acids is 3. The number of anilines is 1. The molecule has 4 heteroatoms. The molecule has 1 unspecified atom stereocenters. The van der Waals surface area contributed by atoms with Crippen molar-refractivity contribution in [2.45, 2.75) is 19.8 Å². The maximum atomic E-state index is 12.2. The van der Waals surface area contributed by atoms with Crippen LogP contribution in [0, 0.1) is 5.92 Å². The van der Waals surface area contributed by atoms with Crippen LogP contribution in [0.4, 0.5) is 5.69 Å². The summed E-state index contributed by atoms with van der Waals surface area (Å²) >= 11 is 0. The Labute approximate surface area is 105 Å². The summed E-state index contributed by atoms with van der Waals surface area (Å²) in [5.41, 5.74) is 2.28. The Kier molecular flexibility index (Phi) is 2.33. The van der Waals surface area contributed by atoms with Gasteiger partial charge in [0.15, 0.2) is 11.7 Å². The van der Waals surface area contributed by atoms with E-state index in [4.69, 9.17) is 0 Å². The van der Waals surface area contributed by atoms with Gasteiger partial charge in [-0.25, -0.2) is 0 Å². The van der Waals surface area contributed by atoms with Crippen LogP contribution in [0.3, 0.4) is 0 Å². The van der Waals surface area contributed by atoms with E-state index < -0.39 is 5.92 Å². The van der Waals surface area contributed by atoms with E-state index in [1.165, 1.54) is 6.92 Å². The number of aryl methyl sites for hydroxylation is 1. The lowest BCUT2D eigenvalue weighted by atomic mass is 9.84. The molecule has 0 N–H and O–H groups in total. The second-order valence-electron chi connectivity index (χ2n) is 4.81. The molecule has 1 atom stereocenters. The fraction of sp³-hybridized carbons (Fsp3) is 0.357. The first-order valence-corrected chi connectivity index (χ1v) is 6.09. The Bertz CT molecular complexity index is 576. The highest BCUT2D eigenvalue weighted by molar-refractivity contribution is 6.31. The second kappa shape index (κ2) is 3.77. The maximum absolute atomic E-state index is 12.2. The third-order valence-electron chi connectivity index (χ3n) is 3.66. The fourth-order valence-corrected chi connectivity index (χ4v) is 2.85. The van der Waals surface area contributed by atoms with Crippen LogP contribution in [0.5, 0.6) is 0 Å². The number of ketones is 2. The summed E-state index contributed by atoms with van der Waals surface area (Å²) in [6.45, 7) is 1.90. The van der Waals surface area contributed by atoms with Crippen LogP contribution in [0.2, 0.25) is 0 Å². The van der Waals surface area contributed by atoms with Crippen LogP contribution in [0.25, 0.3) is 0 Å². The average molecular weight is 243 g/mol. The fourth-order valence-electron chi connectivity index (χ4n) is 2.85. The number of amides is 1. The van der Waals surface area contributed by atoms with E-state index in [0.717, 1.165) is 24.1 Å². The maximum Gasteiger partial charge on any atom is 0.245 e. The highest BCUT2D eigenvalue weighted by atomic mass is 16.2. The van der Waals surface area contributed by atoms with E-state index in [-0.39, 0.29) is 17.5 Å². The van der Waals surface area contributed by atoms with Gasteiger partial charge in [0, 0.05) is 12.1 Å². The molecule has 92 valence electrons. The Morgan fingerprint density at radius 3 is 2.83 bits per heavy atom. The Morgan fingerprint density at radius 2 is 2.11 bits per heavy atom. The highest BCUT2D eigenvalue weighted by Gasteiger charge is 2.43. The molecule has 2 heterocycles. The number of rotatable bonds is 1. The van der Waals surface area contributed by atoms with Crippen LogP contribution in [0.15, 0.2) is 18.2 Å². The van der Waals surface area contributed by atoms with E-state index in [1.54, 1.807) is 11.0 Å². The molecular weight excluding hydrogens is 230 g/mol. The van der Waals surface area contributed by atoms with Gasteiger partial charge in [0.25, 0.3) is 0 Å². The number of Topliss-reactive ketones (excluding diaryl/α,β-unsaturated/α-hetero) is 2. The first-order chi connectivity index (χ1) is 8.61. The third-order valence-corrected chi connectivity index (χ3v) is 3.66.